The van der Waals surface area contributed by atoms with Crippen LogP contribution in [0.5, 0.6) is 0 Å². The molecule has 2 rings (SSSR count). The Labute approximate surface area is 100 Å². The number of pyridine rings is 1. The van der Waals surface area contributed by atoms with Crippen molar-refractivity contribution in [1.82, 2.24) is 4.98 Å². The van der Waals surface area contributed by atoms with Crippen molar-refractivity contribution in [1.29, 1.82) is 0 Å². The normalized spacial score (nSPS) is 20.5. The van der Waals surface area contributed by atoms with Crippen molar-refractivity contribution >= 4 is 23.3 Å². The number of aryl methyl sites for hydroxylation is 1. The molecule has 1 atom stereocenters. The van der Waals surface area contributed by atoms with Crippen molar-refractivity contribution in [2.75, 3.05) is 17.3 Å². The maximum atomic E-state index is 11.8. The van der Waals surface area contributed by atoms with Crippen molar-refractivity contribution in [2.45, 2.75) is 19.8 Å². The van der Waals surface area contributed by atoms with E-state index in [0.717, 1.165) is 17.9 Å². The molecule has 0 radical (unpaired) electrons. The van der Waals surface area contributed by atoms with Gasteiger partial charge in [-0.3, -0.25) is 9.69 Å². The molecule has 0 bridgehead atoms. The summed E-state index contributed by atoms with van der Waals surface area (Å²) in [4.78, 5) is 18.0. The summed E-state index contributed by atoms with van der Waals surface area (Å²) >= 11 is 5.79. The minimum atomic E-state index is 0.131. The molecule has 0 aliphatic carbocycles. The van der Waals surface area contributed by atoms with Gasteiger partial charge in [0.1, 0.15) is 5.82 Å². The quantitative estimate of drug-likeness (QED) is 0.757. The molecule has 0 N–H and O–H groups in total. The monoisotopic (exact) mass is 238 g/mol. The van der Waals surface area contributed by atoms with Crippen LogP contribution in [0.1, 0.15) is 19.0 Å². The fourth-order valence-electron chi connectivity index (χ4n) is 1.92. The van der Waals surface area contributed by atoms with Crippen LogP contribution in [-0.2, 0) is 11.2 Å². The van der Waals surface area contributed by atoms with E-state index in [0.29, 0.717) is 18.8 Å². The summed E-state index contributed by atoms with van der Waals surface area (Å²) in [6, 6.07) is 5.80. The van der Waals surface area contributed by atoms with E-state index in [1.165, 1.54) is 0 Å². The molecule has 0 spiro atoms. The van der Waals surface area contributed by atoms with Crippen LogP contribution in [-0.4, -0.2) is 23.3 Å². The molecule has 1 fully saturated rings. The molecular formula is C12H15ClN2O. The number of nitrogens with zero attached hydrogens (tertiary/aromatic N) is 2. The zero-order valence-corrected chi connectivity index (χ0v) is 10.1. The van der Waals surface area contributed by atoms with Crippen molar-refractivity contribution in [2.24, 2.45) is 5.92 Å². The predicted octanol–water partition coefficient (Wildman–Crippen LogP) is 2.24. The number of halogens is 1. The maximum absolute atomic E-state index is 11.8. The first-order chi connectivity index (χ1) is 7.74. The van der Waals surface area contributed by atoms with E-state index in [1.807, 2.05) is 18.2 Å². The van der Waals surface area contributed by atoms with Gasteiger partial charge < -0.3 is 0 Å². The standard InChI is InChI=1S/C12H15ClN2O/c1-2-10-4-3-5-11(14-10)15-8-9(7-13)6-12(15)16/h3-5,9H,2,6-8H2,1H3. The number of carbonyl (C=O) groups excluding carboxylic acids is 1. The SMILES string of the molecule is CCc1cccc(N2CC(CCl)CC2=O)n1. The van der Waals surface area contributed by atoms with Gasteiger partial charge in [0.15, 0.2) is 0 Å². The lowest BCUT2D eigenvalue weighted by atomic mass is 10.1. The highest BCUT2D eigenvalue weighted by Gasteiger charge is 2.30. The second kappa shape index (κ2) is 4.83. The lowest BCUT2D eigenvalue weighted by Crippen LogP contribution is -2.25. The molecule has 1 unspecified atom stereocenters. The lowest BCUT2D eigenvalue weighted by molar-refractivity contribution is -0.117. The van der Waals surface area contributed by atoms with Gasteiger partial charge in [-0.15, -0.1) is 11.6 Å². The summed E-state index contributed by atoms with van der Waals surface area (Å²) in [5.41, 5.74) is 1.01. The van der Waals surface area contributed by atoms with Crippen LogP contribution in [0.4, 0.5) is 5.82 Å². The van der Waals surface area contributed by atoms with E-state index >= 15 is 0 Å². The average molecular weight is 239 g/mol. The summed E-state index contributed by atoms with van der Waals surface area (Å²) in [6.07, 6.45) is 1.43. The third kappa shape index (κ3) is 2.19. The van der Waals surface area contributed by atoms with Gasteiger partial charge >= 0.3 is 0 Å². The molecule has 86 valence electrons. The zero-order valence-electron chi connectivity index (χ0n) is 9.32. The molecular weight excluding hydrogens is 224 g/mol. The van der Waals surface area contributed by atoms with Crippen LogP contribution in [0, 0.1) is 5.92 Å². The van der Waals surface area contributed by atoms with E-state index in [-0.39, 0.29) is 11.8 Å². The van der Waals surface area contributed by atoms with E-state index in [1.54, 1.807) is 4.90 Å². The smallest absolute Gasteiger partial charge is 0.228 e. The van der Waals surface area contributed by atoms with Gasteiger partial charge in [-0.2, -0.15) is 0 Å². The average Bonchev–Trinajstić information content (AvgIpc) is 2.71. The number of aromatic nitrogens is 1. The molecule has 0 saturated carbocycles. The molecule has 4 heteroatoms. The van der Waals surface area contributed by atoms with Crippen LogP contribution in [0.2, 0.25) is 0 Å². The fourth-order valence-corrected chi connectivity index (χ4v) is 2.13. The number of alkyl halides is 1. The van der Waals surface area contributed by atoms with E-state index in [9.17, 15) is 4.79 Å². The number of hydrogen-bond acceptors (Lipinski definition) is 2. The van der Waals surface area contributed by atoms with Gasteiger partial charge in [-0.05, 0) is 24.5 Å². The summed E-state index contributed by atoms with van der Waals surface area (Å²) in [5, 5.41) is 0. The minimum Gasteiger partial charge on any atom is -0.296 e. The Morgan fingerprint density at radius 1 is 1.56 bits per heavy atom. The molecule has 1 aliphatic heterocycles. The fraction of sp³-hybridized carbons (Fsp3) is 0.500. The number of rotatable bonds is 3. The Bertz CT molecular complexity index is 394. The van der Waals surface area contributed by atoms with Crippen LogP contribution < -0.4 is 4.90 Å². The van der Waals surface area contributed by atoms with Crippen molar-refractivity contribution in [3.8, 4) is 0 Å². The van der Waals surface area contributed by atoms with Crippen LogP contribution in [0.15, 0.2) is 18.2 Å². The molecule has 0 aromatic carbocycles. The number of hydrogen-bond donors (Lipinski definition) is 0. The second-order valence-corrected chi connectivity index (χ2v) is 4.38. The second-order valence-electron chi connectivity index (χ2n) is 4.07. The van der Waals surface area contributed by atoms with Gasteiger partial charge in [0.05, 0.1) is 0 Å². The first-order valence-corrected chi connectivity index (χ1v) is 6.10. The third-order valence-electron chi connectivity index (χ3n) is 2.85. The highest BCUT2D eigenvalue weighted by Crippen LogP contribution is 2.24. The Kier molecular flexibility index (Phi) is 3.44. The first-order valence-electron chi connectivity index (χ1n) is 5.57. The van der Waals surface area contributed by atoms with Gasteiger partial charge in [0, 0.05) is 24.5 Å². The van der Waals surface area contributed by atoms with Gasteiger partial charge in [0.2, 0.25) is 5.91 Å². The first kappa shape index (κ1) is 11.4. The zero-order chi connectivity index (χ0) is 11.5. The predicted molar refractivity (Wildman–Crippen MR) is 64.8 cm³/mol. The summed E-state index contributed by atoms with van der Waals surface area (Å²) < 4.78 is 0. The Balaban J connectivity index is 2.20. The molecule has 2 heterocycles. The maximum Gasteiger partial charge on any atom is 0.228 e. The number of anilines is 1. The number of amides is 1. The number of carbonyl (C=O) groups is 1. The Morgan fingerprint density at radius 2 is 2.38 bits per heavy atom. The summed E-state index contributed by atoms with van der Waals surface area (Å²) in [5.74, 6) is 1.69. The molecule has 1 saturated heterocycles. The molecule has 16 heavy (non-hydrogen) atoms. The van der Waals surface area contributed by atoms with Crippen molar-refractivity contribution in [3.63, 3.8) is 0 Å². The van der Waals surface area contributed by atoms with E-state index < -0.39 is 0 Å². The highest BCUT2D eigenvalue weighted by molar-refractivity contribution is 6.18. The molecule has 1 aromatic heterocycles. The molecule has 1 aromatic rings. The van der Waals surface area contributed by atoms with Crippen molar-refractivity contribution in [3.05, 3.63) is 23.9 Å². The topological polar surface area (TPSA) is 33.2 Å². The van der Waals surface area contributed by atoms with E-state index in [2.05, 4.69) is 11.9 Å². The molecule has 3 nitrogen and oxygen atoms in total. The summed E-state index contributed by atoms with van der Waals surface area (Å²) in [7, 11) is 0. The van der Waals surface area contributed by atoms with Gasteiger partial charge in [0.25, 0.3) is 0 Å². The molecule has 1 aliphatic rings. The lowest BCUT2D eigenvalue weighted by Gasteiger charge is -2.15. The van der Waals surface area contributed by atoms with Gasteiger partial charge in [-0.25, -0.2) is 4.98 Å². The Morgan fingerprint density at radius 3 is 3.00 bits per heavy atom. The van der Waals surface area contributed by atoms with Gasteiger partial charge in [-0.1, -0.05) is 13.0 Å². The minimum absolute atomic E-state index is 0.131. The third-order valence-corrected chi connectivity index (χ3v) is 3.29. The Hall–Kier alpha value is -1.09. The van der Waals surface area contributed by atoms with Crippen molar-refractivity contribution < 1.29 is 4.79 Å². The van der Waals surface area contributed by atoms with E-state index in [4.69, 9.17) is 11.6 Å². The van der Waals surface area contributed by atoms with Crippen LogP contribution in [0.3, 0.4) is 0 Å². The largest absolute Gasteiger partial charge is 0.296 e. The van der Waals surface area contributed by atoms with Crippen LogP contribution >= 0.6 is 11.6 Å². The summed E-state index contributed by atoms with van der Waals surface area (Å²) in [6.45, 7) is 2.75. The highest BCUT2D eigenvalue weighted by atomic mass is 35.5. The molecule has 1 amide bonds. The van der Waals surface area contributed by atoms with Crippen LogP contribution in [0.25, 0.3) is 0 Å².